The van der Waals surface area contributed by atoms with Gasteiger partial charge < -0.3 is 10.1 Å². The number of hydrogen-bond acceptors (Lipinski definition) is 4. The minimum absolute atomic E-state index is 0. The van der Waals surface area contributed by atoms with E-state index in [0.29, 0.717) is 17.4 Å². The zero-order valence-corrected chi connectivity index (χ0v) is 15.6. The van der Waals surface area contributed by atoms with Crippen LogP contribution in [0.25, 0.3) is 5.69 Å². The molecule has 2 atom stereocenters. The Hall–Kier alpha value is -2.07. The van der Waals surface area contributed by atoms with E-state index in [1.165, 1.54) is 29.0 Å². The fraction of sp³-hybridized carbons (Fsp3) is 0.333. The number of nitrogens with one attached hydrogen (secondary N) is 1. The molecule has 0 spiro atoms. The molecule has 1 fully saturated rings. The van der Waals surface area contributed by atoms with Gasteiger partial charge in [0, 0.05) is 24.7 Å². The van der Waals surface area contributed by atoms with Gasteiger partial charge in [-0.05, 0) is 31.2 Å². The molecule has 8 heteroatoms. The summed E-state index contributed by atoms with van der Waals surface area (Å²) in [6, 6.07) is 7.01. The number of nitrogens with zero attached hydrogens (tertiary/aromatic N) is 2. The molecule has 1 aliphatic heterocycles. The van der Waals surface area contributed by atoms with Crippen molar-refractivity contribution in [1.29, 1.82) is 5.26 Å². The monoisotopic (exact) mass is 397 g/mol. The van der Waals surface area contributed by atoms with Crippen LogP contribution in [0.3, 0.4) is 0 Å². The highest BCUT2D eigenvalue weighted by molar-refractivity contribution is 6.31. The molecule has 0 bridgehead atoms. The van der Waals surface area contributed by atoms with E-state index in [1.54, 1.807) is 6.07 Å². The second-order valence-corrected chi connectivity index (χ2v) is 6.50. The largest absolute Gasteiger partial charge is 0.488 e. The van der Waals surface area contributed by atoms with Crippen LogP contribution in [0, 0.1) is 23.1 Å². The van der Waals surface area contributed by atoms with Gasteiger partial charge in [0.2, 0.25) is 0 Å². The fourth-order valence-electron chi connectivity index (χ4n) is 2.86. The maximum atomic E-state index is 13.8. The van der Waals surface area contributed by atoms with Crippen LogP contribution >= 0.6 is 24.0 Å². The van der Waals surface area contributed by atoms with Crippen molar-refractivity contribution in [1.82, 2.24) is 9.88 Å². The molecule has 0 aliphatic carbocycles. The normalized spacial score (nSPS) is 19.3. The van der Waals surface area contributed by atoms with Gasteiger partial charge >= 0.3 is 0 Å². The van der Waals surface area contributed by atoms with Crippen LogP contribution in [0.1, 0.15) is 18.9 Å². The first-order valence-corrected chi connectivity index (χ1v) is 8.37. The van der Waals surface area contributed by atoms with Gasteiger partial charge in [-0.1, -0.05) is 18.5 Å². The van der Waals surface area contributed by atoms with Crippen LogP contribution < -0.4 is 15.6 Å². The third-order valence-corrected chi connectivity index (χ3v) is 4.59. The molecule has 2 unspecified atom stereocenters. The molecule has 1 aromatic heterocycles. The maximum Gasteiger partial charge on any atom is 0.258 e. The Morgan fingerprint density at radius 3 is 2.85 bits per heavy atom. The van der Waals surface area contributed by atoms with Crippen LogP contribution in [0.15, 0.2) is 35.3 Å². The molecule has 1 saturated heterocycles. The van der Waals surface area contributed by atoms with E-state index in [0.717, 1.165) is 25.6 Å². The highest BCUT2D eigenvalue weighted by atomic mass is 35.5. The van der Waals surface area contributed by atoms with Crippen molar-refractivity contribution in [2.45, 2.75) is 19.4 Å². The first kappa shape index (κ1) is 20.2. The third-order valence-electron chi connectivity index (χ3n) is 4.31. The van der Waals surface area contributed by atoms with Crippen molar-refractivity contribution in [2.24, 2.45) is 5.92 Å². The highest BCUT2D eigenvalue weighted by Crippen LogP contribution is 2.27. The van der Waals surface area contributed by atoms with E-state index in [-0.39, 0.29) is 34.7 Å². The van der Waals surface area contributed by atoms with Crippen molar-refractivity contribution in [3.05, 3.63) is 57.2 Å². The zero-order valence-electron chi connectivity index (χ0n) is 14.0. The number of nitriles is 1. The Morgan fingerprint density at radius 2 is 2.19 bits per heavy atom. The number of pyridine rings is 1. The SMILES string of the molecule is CC1CNCCC1Oc1cc(=O)n(-c2ccc(C#N)c(F)c2)cc1Cl.Cl. The Kier molecular flexibility index (Phi) is 6.65. The zero-order chi connectivity index (χ0) is 18.0. The molecular weight excluding hydrogens is 380 g/mol. The first-order chi connectivity index (χ1) is 12.0. The summed E-state index contributed by atoms with van der Waals surface area (Å²) in [4.78, 5) is 12.4. The van der Waals surface area contributed by atoms with Crippen LogP contribution in [-0.2, 0) is 0 Å². The maximum absolute atomic E-state index is 13.8. The molecular formula is C18H18Cl2FN3O2. The summed E-state index contributed by atoms with van der Waals surface area (Å²) >= 11 is 6.27. The number of benzene rings is 1. The topological polar surface area (TPSA) is 67.0 Å². The molecule has 2 aromatic rings. The number of piperidine rings is 1. The van der Waals surface area contributed by atoms with Crippen molar-refractivity contribution < 1.29 is 9.13 Å². The van der Waals surface area contributed by atoms with Gasteiger partial charge in [-0.3, -0.25) is 9.36 Å². The molecule has 2 heterocycles. The predicted molar refractivity (Wildman–Crippen MR) is 100 cm³/mol. The number of hydrogen-bond donors (Lipinski definition) is 1. The van der Waals surface area contributed by atoms with E-state index >= 15 is 0 Å². The second-order valence-electron chi connectivity index (χ2n) is 6.10. The van der Waals surface area contributed by atoms with Crippen LogP contribution in [-0.4, -0.2) is 23.8 Å². The Balaban J connectivity index is 0.00000243. The van der Waals surface area contributed by atoms with Crippen LogP contribution in [0.5, 0.6) is 5.75 Å². The van der Waals surface area contributed by atoms with Gasteiger partial charge in [-0.2, -0.15) is 5.26 Å². The Morgan fingerprint density at radius 1 is 1.42 bits per heavy atom. The van der Waals surface area contributed by atoms with E-state index in [1.807, 2.05) is 0 Å². The lowest BCUT2D eigenvalue weighted by atomic mass is 9.98. The molecule has 1 aliphatic rings. The minimum Gasteiger partial charge on any atom is -0.488 e. The molecule has 1 N–H and O–H groups in total. The van der Waals surface area contributed by atoms with Crippen molar-refractivity contribution >= 4 is 24.0 Å². The molecule has 5 nitrogen and oxygen atoms in total. The molecule has 138 valence electrons. The van der Waals surface area contributed by atoms with Gasteiger partial charge in [0.05, 0.1) is 16.3 Å². The lowest BCUT2D eigenvalue weighted by Gasteiger charge is -2.30. The average molecular weight is 398 g/mol. The first-order valence-electron chi connectivity index (χ1n) is 7.99. The van der Waals surface area contributed by atoms with Crippen LogP contribution in [0.4, 0.5) is 4.39 Å². The summed E-state index contributed by atoms with van der Waals surface area (Å²) in [6.07, 6.45) is 2.23. The summed E-state index contributed by atoms with van der Waals surface area (Å²) in [7, 11) is 0. The fourth-order valence-corrected chi connectivity index (χ4v) is 3.05. The summed E-state index contributed by atoms with van der Waals surface area (Å²) in [5.74, 6) is -0.0532. The number of aromatic nitrogens is 1. The molecule has 3 rings (SSSR count). The Labute approximate surface area is 161 Å². The van der Waals surface area contributed by atoms with Gasteiger partial charge in [0.1, 0.15) is 23.7 Å². The molecule has 0 radical (unpaired) electrons. The quantitative estimate of drug-likeness (QED) is 0.862. The van der Waals surface area contributed by atoms with Crippen molar-refractivity contribution in [3.63, 3.8) is 0 Å². The summed E-state index contributed by atoms with van der Waals surface area (Å²) < 4.78 is 21.0. The summed E-state index contributed by atoms with van der Waals surface area (Å²) in [5.41, 5.74) is -0.168. The van der Waals surface area contributed by atoms with Gasteiger partial charge in [0.15, 0.2) is 0 Å². The molecule has 1 aromatic carbocycles. The minimum atomic E-state index is -0.688. The van der Waals surface area contributed by atoms with Gasteiger partial charge in [0.25, 0.3) is 5.56 Å². The standard InChI is InChI=1S/C18H17ClFN3O2.ClH/c1-11-9-22-5-4-16(11)25-17-7-18(24)23(10-14(17)19)13-3-2-12(8-21)15(20)6-13;/h2-3,6-7,10-11,16,22H,4-5,9H2,1H3;1H. The van der Waals surface area contributed by atoms with E-state index in [2.05, 4.69) is 12.2 Å². The molecule has 0 amide bonds. The highest BCUT2D eigenvalue weighted by Gasteiger charge is 2.24. The van der Waals surface area contributed by atoms with Gasteiger partial charge in [-0.15, -0.1) is 12.4 Å². The molecule has 0 saturated carbocycles. The average Bonchev–Trinajstić information content (AvgIpc) is 2.59. The Bertz CT molecular complexity index is 895. The van der Waals surface area contributed by atoms with Crippen LogP contribution in [0.2, 0.25) is 5.02 Å². The predicted octanol–water partition coefficient (Wildman–Crippen LogP) is 3.30. The van der Waals surface area contributed by atoms with E-state index in [9.17, 15) is 9.18 Å². The second kappa shape index (κ2) is 8.54. The summed E-state index contributed by atoms with van der Waals surface area (Å²) in [5, 5.41) is 12.3. The van der Waals surface area contributed by atoms with E-state index < -0.39 is 5.82 Å². The number of rotatable bonds is 3. The van der Waals surface area contributed by atoms with Crippen molar-refractivity contribution in [2.75, 3.05) is 13.1 Å². The van der Waals surface area contributed by atoms with E-state index in [4.69, 9.17) is 21.6 Å². The number of ether oxygens (including phenoxy) is 1. The molecule has 26 heavy (non-hydrogen) atoms. The lowest BCUT2D eigenvalue weighted by molar-refractivity contribution is 0.112. The van der Waals surface area contributed by atoms with Gasteiger partial charge in [-0.25, -0.2) is 4.39 Å². The third kappa shape index (κ3) is 4.18. The number of halogens is 3. The smallest absolute Gasteiger partial charge is 0.258 e. The lowest BCUT2D eigenvalue weighted by Crippen LogP contribution is -2.41. The summed E-state index contributed by atoms with van der Waals surface area (Å²) in [6.45, 7) is 3.78. The van der Waals surface area contributed by atoms with Crippen molar-refractivity contribution in [3.8, 4) is 17.5 Å².